The smallest absolute Gasteiger partial charge is 0.338 e. The van der Waals surface area contributed by atoms with Crippen LogP contribution in [0, 0.1) is 29.1 Å². The van der Waals surface area contributed by atoms with Crippen LogP contribution in [0.15, 0.2) is 24.3 Å². The van der Waals surface area contributed by atoms with E-state index in [0.29, 0.717) is 5.56 Å². The van der Waals surface area contributed by atoms with Crippen molar-refractivity contribution < 1.29 is 45.8 Å². The molecular formula is C22H22F5NO5. The summed E-state index contributed by atoms with van der Waals surface area (Å²) in [6.07, 6.45) is 1.55. The topological polar surface area (TPSA) is 73.9 Å². The van der Waals surface area contributed by atoms with Crippen molar-refractivity contribution in [2.75, 3.05) is 31.7 Å². The second kappa shape index (κ2) is 12.7. The molecule has 0 heterocycles. The first-order chi connectivity index (χ1) is 15.8. The zero-order chi connectivity index (χ0) is 24.4. The van der Waals surface area contributed by atoms with Gasteiger partial charge in [0.25, 0.3) is 0 Å². The number of carbonyl (C=O) groups is 2. The maximum absolute atomic E-state index is 13.5. The summed E-state index contributed by atoms with van der Waals surface area (Å²) in [6.45, 7) is 2.37. The summed E-state index contributed by atoms with van der Waals surface area (Å²) in [7, 11) is 0. The van der Waals surface area contributed by atoms with E-state index < -0.39 is 53.2 Å². The van der Waals surface area contributed by atoms with Gasteiger partial charge in [0.2, 0.25) is 34.8 Å². The highest BCUT2D eigenvalue weighted by Gasteiger charge is 2.28. The van der Waals surface area contributed by atoms with E-state index in [-0.39, 0.29) is 19.8 Å². The minimum Gasteiger partial charge on any atom is -0.460 e. The van der Waals surface area contributed by atoms with Crippen LogP contribution in [0.25, 0.3) is 0 Å². The van der Waals surface area contributed by atoms with Crippen molar-refractivity contribution in [1.29, 1.82) is 0 Å². The van der Waals surface area contributed by atoms with E-state index in [4.69, 9.17) is 9.47 Å². The lowest BCUT2D eigenvalue weighted by atomic mass is 10.2. The van der Waals surface area contributed by atoms with Crippen molar-refractivity contribution in [3.05, 3.63) is 58.9 Å². The van der Waals surface area contributed by atoms with Gasteiger partial charge < -0.3 is 19.5 Å². The first-order valence-corrected chi connectivity index (χ1v) is 10.1. The fourth-order valence-electron chi connectivity index (χ4n) is 2.51. The molecule has 0 aliphatic rings. The Labute approximate surface area is 186 Å². The highest BCUT2D eigenvalue weighted by molar-refractivity contribution is 5.89. The van der Waals surface area contributed by atoms with E-state index in [1.165, 1.54) is 0 Å². The first kappa shape index (κ1) is 26.0. The molecule has 0 saturated carbocycles. The lowest BCUT2D eigenvalue weighted by molar-refractivity contribution is -0.136. The molecule has 0 saturated heterocycles. The van der Waals surface area contributed by atoms with Crippen LogP contribution in [-0.2, 0) is 14.3 Å². The Hall–Kier alpha value is -3.21. The molecule has 0 atom stereocenters. The van der Waals surface area contributed by atoms with Gasteiger partial charge >= 0.3 is 11.9 Å². The molecule has 2 aromatic carbocycles. The summed E-state index contributed by atoms with van der Waals surface area (Å²) in [5.74, 6) is -14.9. The van der Waals surface area contributed by atoms with Crippen molar-refractivity contribution >= 4 is 17.6 Å². The molecule has 2 rings (SSSR count). The van der Waals surface area contributed by atoms with E-state index >= 15 is 0 Å². The predicted molar refractivity (Wildman–Crippen MR) is 107 cm³/mol. The molecule has 0 fully saturated rings. The summed E-state index contributed by atoms with van der Waals surface area (Å²) in [4.78, 5) is 23.6. The number of nitrogens with one attached hydrogen (secondary N) is 1. The number of carbonyl (C=O) groups excluding carboxylic acids is 2. The molecule has 0 aromatic heterocycles. The molecule has 0 aliphatic carbocycles. The minimum absolute atomic E-state index is 0.0990. The summed E-state index contributed by atoms with van der Waals surface area (Å²) < 4.78 is 80.4. The lowest BCUT2D eigenvalue weighted by Crippen LogP contribution is -2.16. The van der Waals surface area contributed by atoms with Gasteiger partial charge in [-0.05, 0) is 30.7 Å². The fourth-order valence-corrected chi connectivity index (χ4v) is 2.51. The van der Waals surface area contributed by atoms with Crippen LogP contribution in [0.1, 0.15) is 36.5 Å². The number of rotatable bonds is 12. The average molecular weight is 475 g/mol. The molecule has 6 nitrogen and oxygen atoms in total. The van der Waals surface area contributed by atoms with Crippen molar-refractivity contribution in [3.8, 4) is 5.75 Å². The molecular weight excluding hydrogens is 453 g/mol. The van der Waals surface area contributed by atoms with Gasteiger partial charge in [-0.25, -0.2) is 18.0 Å². The van der Waals surface area contributed by atoms with Crippen molar-refractivity contribution in [3.63, 3.8) is 0 Å². The van der Waals surface area contributed by atoms with Crippen molar-refractivity contribution in [2.24, 2.45) is 0 Å². The van der Waals surface area contributed by atoms with E-state index in [1.54, 1.807) is 24.3 Å². The quantitative estimate of drug-likeness (QED) is 0.119. The molecule has 0 spiro atoms. The third kappa shape index (κ3) is 7.41. The van der Waals surface area contributed by atoms with Gasteiger partial charge in [-0.3, -0.25) is 4.79 Å². The summed E-state index contributed by atoms with van der Waals surface area (Å²) >= 11 is 0. The molecule has 33 heavy (non-hydrogen) atoms. The van der Waals surface area contributed by atoms with Gasteiger partial charge in [-0.15, -0.1) is 0 Å². The number of ether oxygens (including phenoxy) is 3. The van der Waals surface area contributed by atoms with Gasteiger partial charge in [0.1, 0.15) is 6.61 Å². The molecule has 0 aliphatic heterocycles. The Balaban J connectivity index is 1.69. The second-order valence-corrected chi connectivity index (χ2v) is 6.73. The number of hydrogen-bond donors (Lipinski definition) is 1. The highest BCUT2D eigenvalue weighted by atomic mass is 19.2. The van der Waals surface area contributed by atoms with Crippen molar-refractivity contribution in [1.82, 2.24) is 0 Å². The van der Waals surface area contributed by atoms with Crippen LogP contribution in [0.3, 0.4) is 0 Å². The largest absolute Gasteiger partial charge is 0.460 e. The Bertz CT molecular complexity index is 940. The number of hydrogen-bond acceptors (Lipinski definition) is 6. The van der Waals surface area contributed by atoms with Crippen LogP contribution >= 0.6 is 0 Å². The Morgan fingerprint density at radius 2 is 1.45 bits per heavy atom. The summed E-state index contributed by atoms with van der Waals surface area (Å²) in [6, 6.07) is 6.71. The summed E-state index contributed by atoms with van der Waals surface area (Å²) in [5.41, 5.74) is 1.21. The molecule has 1 N–H and O–H groups in total. The Morgan fingerprint density at radius 3 is 2.06 bits per heavy atom. The van der Waals surface area contributed by atoms with Gasteiger partial charge in [-0.2, -0.15) is 8.78 Å². The normalized spacial score (nSPS) is 10.7. The maximum Gasteiger partial charge on any atom is 0.338 e. The zero-order valence-corrected chi connectivity index (χ0v) is 17.7. The molecule has 0 radical (unpaired) electrons. The Kier molecular flexibility index (Phi) is 10.0. The number of esters is 2. The maximum atomic E-state index is 13.5. The van der Waals surface area contributed by atoms with Crippen molar-refractivity contribution in [2.45, 2.75) is 26.2 Å². The Morgan fingerprint density at radius 1 is 0.848 bits per heavy atom. The second-order valence-electron chi connectivity index (χ2n) is 6.73. The van der Waals surface area contributed by atoms with E-state index in [1.807, 2.05) is 0 Å². The van der Waals surface area contributed by atoms with E-state index in [9.17, 15) is 31.5 Å². The number of halogens is 5. The van der Waals surface area contributed by atoms with Crippen LogP contribution < -0.4 is 10.1 Å². The fraction of sp³-hybridized carbons (Fsp3) is 0.364. The average Bonchev–Trinajstić information content (AvgIpc) is 2.82. The zero-order valence-electron chi connectivity index (χ0n) is 17.7. The third-order valence-electron chi connectivity index (χ3n) is 4.28. The SMILES string of the molecule is CCCCNc1ccc(C(=O)OCCOCCC(=O)Oc2c(F)c(F)c(F)c(F)c2F)cc1. The first-order valence-electron chi connectivity index (χ1n) is 10.1. The van der Waals surface area contributed by atoms with Crippen LogP contribution in [-0.4, -0.2) is 38.3 Å². The van der Waals surface area contributed by atoms with Crippen LogP contribution in [0.5, 0.6) is 5.75 Å². The number of anilines is 1. The van der Waals surface area contributed by atoms with Crippen LogP contribution in [0.2, 0.25) is 0 Å². The molecule has 2 aromatic rings. The van der Waals surface area contributed by atoms with E-state index in [0.717, 1.165) is 25.1 Å². The lowest BCUT2D eigenvalue weighted by Gasteiger charge is -2.09. The van der Waals surface area contributed by atoms with Gasteiger partial charge in [0, 0.05) is 12.2 Å². The standard InChI is InChI=1S/C22H22F5NO5/c1-2-3-9-28-14-6-4-13(5-7-14)22(30)32-12-11-31-10-8-15(29)33-21-19(26)17(24)16(23)18(25)20(21)27/h4-7,28H,2-3,8-12H2,1H3. The van der Waals surface area contributed by atoms with E-state index in [2.05, 4.69) is 17.0 Å². The molecule has 0 amide bonds. The monoisotopic (exact) mass is 475 g/mol. The van der Waals surface area contributed by atoms with Gasteiger partial charge in [0.05, 0.1) is 25.2 Å². The predicted octanol–water partition coefficient (Wildman–Crippen LogP) is 4.76. The third-order valence-corrected chi connectivity index (χ3v) is 4.28. The molecule has 0 bridgehead atoms. The molecule has 0 unspecified atom stereocenters. The minimum atomic E-state index is -2.36. The highest BCUT2D eigenvalue weighted by Crippen LogP contribution is 2.29. The number of unbranched alkanes of at least 4 members (excludes halogenated alkanes) is 1. The molecule has 180 valence electrons. The molecule has 11 heteroatoms. The summed E-state index contributed by atoms with van der Waals surface area (Å²) in [5, 5.41) is 3.21. The van der Waals surface area contributed by atoms with Crippen LogP contribution in [0.4, 0.5) is 27.6 Å². The van der Waals surface area contributed by atoms with Gasteiger partial charge in [0.15, 0.2) is 0 Å². The van der Waals surface area contributed by atoms with Gasteiger partial charge in [-0.1, -0.05) is 13.3 Å². The number of benzene rings is 2.